The van der Waals surface area contributed by atoms with Crippen LogP contribution in [0.2, 0.25) is 0 Å². The van der Waals surface area contributed by atoms with E-state index in [1.165, 1.54) is 44.8 Å². The molecule has 0 aromatic rings. The predicted octanol–water partition coefficient (Wildman–Crippen LogP) is 1.83. The van der Waals surface area contributed by atoms with Crippen LogP contribution < -0.4 is 0 Å². The summed E-state index contributed by atoms with van der Waals surface area (Å²) in [5.74, 6) is 2.02. The highest BCUT2D eigenvalue weighted by molar-refractivity contribution is 6.18. The Labute approximate surface area is 100 Å². The van der Waals surface area contributed by atoms with Gasteiger partial charge in [0.15, 0.2) is 11.9 Å². The maximum atomic E-state index is 5.80. The largest absolute Gasteiger partial charge is 0.479 e. The van der Waals surface area contributed by atoms with Gasteiger partial charge in [-0.3, -0.25) is 4.99 Å². The highest BCUT2D eigenvalue weighted by atomic mass is 16.5. The summed E-state index contributed by atoms with van der Waals surface area (Å²) in [7, 11) is 0. The van der Waals surface area contributed by atoms with Gasteiger partial charge in [0.1, 0.15) is 12.7 Å². The standard InChI is InChI=1S/C12H16N4O/c1-2-4-9(5-3-1)6-17-12-10-11(14-7-13-10)15-8-16-12/h7-10H,1-6H2. The third-order valence-corrected chi connectivity index (χ3v) is 3.45. The smallest absolute Gasteiger partial charge is 0.223 e. The van der Waals surface area contributed by atoms with Crippen LogP contribution in [0.25, 0.3) is 0 Å². The minimum atomic E-state index is -0.191. The number of rotatable bonds is 2. The lowest BCUT2D eigenvalue weighted by atomic mass is 9.90. The second-order valence-electron chi connectivity index (χ2n) is 4.68. The number of aliphatic imine (C=N–C) groups is 4. The molecule has 90 valence electrons. The second kappa shape index (κ2) is 4.77. The summed E-state index contributed by atoms with van der Waals surface area (Å²) in [6.45, 7) is 0.756. The summed E-state index contributed by atoms with van der Waals surface area (Å²) in [6, 6.07) is -0.191. The molecule has 2 heterocycles. The van der Waals surface area contributed by atoms with Crippen LogP contribution in [0.1, 0.15) is 32.1 Å². The number of hydrogen-bond donors (Lipinski definition) is 0. The van der Waals surface area contributed by atoms with E-state index in [1.807, 2.05) is 0 Å². The van der Waals surface area contributed by atoms with Crippen molar-refractivity contribution in [2.24, 2.45) is 25.9 Å². The molecule has 0 bridgehead atoms. The fourth-order valence-electron chi connectivity index (χ4n) is 2.46. The van der Waals surface area contributed by atoms with Crippen LogP contribution in [0, 0.1) is 5.92 Å². The first-order chi connectivity index (χ1) is 8.43. The summed E-state index contributed by atoms with van der Waals surface area (Å²) in [5.41, 5.74) is 0. The molecule has 17 heavy (non-hydrogen) atoms. The van der Waals surface area contributed by atoms with Gasteiger partial charge in [-0.25, -0.2) is 15.0 Å². The molecule has 0 aromatic carbocycles. The Balaban J connectivity index is 1.58. The molecule has 1 unspecified atom stereocenters. The molecule has 0 aromatic heterocycles. The van der Waals surface area contributed by atoms with Gasteiger partial charge in [-0.05, 0) is 18.8 Å². The number of amidine groups is 1. The Bertz CT molecular complexity index is 405. The summed E-state index contributed by atoms with van der Waals surface area (Å²) in [6.07, 6.45) is 9.61. The first-order valence-electron chi connectivity index (χ1n) is 6.26. The van der Waals surface area contributed by atoms with Gasteiger partial charge in [0.05, 0.1) is 6.61 Å². The molecule has 1 fully saturated rings. The average molecular weight is 232 g/mol. The SMILES string of the molecule is C1=NC2=NC=NC2C(OCC2CCCCC2)=N1. The first kappa shape index (κ1) is 10.6. The van der Waals surface area contributed by atoms with Crippen molar-refractivity contribution in [3.8, 4) is 0 Å². The summed E-state index contributed by atoms with van der Waals surface area (Å²) in [4.78, 5) is 16.5. The zero-order valence-electron chi connectivity index (χ0n) is 9.75. The van der Waals surface area contributed by atoms with Crippen molar-refractivity contribution in [2.45, 2.75) is 38.1 Å². The molecule has 1 atom stereocenters. The molecule has 0 saturated heterocycles. The van der Waals surface area contributed by atoms with E-state index in [0.717, 1.165) is 6.61 Å². The van der Waals surface area contributed by atoms with Crippen LogP contribution in [0.3, 0.4) is 0 Å². The van der Waals surface area contributed by atoms with E-state index in [9.17, 15) is 0 Å². The highest BCUT2D eigenvalue weighted by Gasteiger charge is 2.28. The van der Waals surface area contributed by atoms with E-state index in [0.29, 0.717) is 17.7 Å². The second-order valence-corrected chi connectivity index (χ2v) is 4.68. The fraction of sp³-hybridized carbons (Fsp3) is 0.667. The molecule has 0 amide bonds. The lowest BCUT2D eigenvalue weighted by molar-refractivity contribution is 0.195. The Morgan fingerprint density at radius 3 is 2.88 bits per heavy atom. The van der Waals surface area contributed by atoms with Gasteiger partial charge in [0, 0.05) is 0 Å². The molecule has 3 aliphatic rings. The lowest BCUT2D eigenvalue weighted by Gasteiger charge is -2.23. The summed E-state index contributed by atoms with van der Waals surface area (Å²) in [5, 5.41) is 0. The van der Waals surface area contributed by atoms with Crippen LogP contribution >= 0.6 is 0 Å². The van der Waals surface area contributed by atoms with Crippen LogP contribution in [-0.4, -0.2) is 37.1 Å². The van der Waals surface area contributed by atoms with Crippen molar-refractivity contribution >= 4 is 24.4 Å². The van der Waals surface area contributed by atoms with E-state index in [2.05, 4.69) is 20.0 Å². The quantitative estimate of drug-likeness (QED) is 0.716. The van der Waals surface area contributed by atoms with Gasteiger partial charge in [0.2, 0.25) is 5.90 Å². The topological polar surface area (TPSA) is 58.7 Å². The molecular formula is C12H16N4O. The van der Waals surface area contributed by atoms with Crippen molar-refractivity contribution in [3.05, 3.63) is 0 Å². The number of nitrogens with zero attached hydrogens (tertiary/aromatic N) is 4. The average Bonchev–Trinajstić information content (AvgIpc) is 2.86. The molecule has 5 nitrogen and oxygen atoms in total. The van der Waals surface area contributed by atoms with Crippen molar-refractivity contribution in [2.75, 3.05) is 6.61 Å². The molecular weight excluding hydrogens is 216 g/mol. The van der Waals surface area contributed by atoms with Gasteiger partial charge in [-0.15, -0.1) is 0 Å². The van der Waals surface area contributed by atoms with E-state index in [1.54, 1.807) is 0 Å². The zero-order chi connectivity index (χ0) is 11.5. The number of ether oxygens (including phenoxy) is 1. The third kappa shape index (κ3) is 2.28. The molecule has 1 saturated carbocycles. The number of hydrogen-bond acceptors (Lipinski definition) is 5. The number of fused-ring (bicyclic) bond motifs is 1. The Morgan fingerprint density at radius 1 is 1.12 bits per heavy atom. The molecule has 1 aliphatic carbocycles. The Kier molecular flexibility index (Phi) is 2.98. The third-order valence-electron chi connectivity index (χ3n) is 3.45. The maximum Gasteiger partial charge on any atom is 0.223 e. The highest BCUT2D eigenvalue weighted by Crippen LogP contribution is 2.24. The molecule has 0 N–H and O–H groups in total. The van der Waals surface area contributed by atoms with Crippen molar-refractivity contribution in [1.82, 2.24) is 0 Å². The monoisotopic (exact) mass is 232 g/mol. The van der Waals surface area contributed by atoms with E-state index >= 15 is 0 Å². The minimum absolute atomic E-state index is 0.191. The Hall–Kier alpha value is -1.52. The molecule has 5 heteroatoms. The normalized spacial score (nSPS) is 27.6. The lowest BCUT2D eigenvalue weighted by Crippen LogP contribution is -2.31. The van der Waals surface area contributed by atoms with Gasteiger partial charge in [0.25, 0.3) is 0 Å². The van der Waals surface area contributed by atoms with Gasteiger partial charge < -0.3 is 4.74 Å². The molecule has 2 aliphatic heterocycles. The van der Waals surface area contributed by atoms with E-state index < -0.39 is 0 Å². The maximum absolute atomic E-state index is 5.80. The van der Waals surface area contributed by atoms with Gasteiger partial charge in [-0.1, -0.05) is 19.3 Å². The summed E-state index contributed by atoms with van der Waals surface area (Å²) >= 11 is 0. The minimum Gasteiger partial charge on any atom is -0.479 e. The first-order valence-corrected chi connectivity index (χ1v) is 6.26. The predicted molar refractivity (Wildman–Crippen MR) is 68.2 cm³/mol. The molecule has 0 spiro atoms. The van der Waals surface area contributed by atoms with Crippen molar-refractivity contribution in [1.29, 1.82) is 0 Å². The van der Waals surface area contributed by atoms with E-state index in [-0.39, 0.29) is 6.04 Å². The molecule has 3 rings (SSSR count). The van der Waals surface area contributed by atoms with Crippen LogP contribution in [0.4, 0.5) is 0 Å². The van der Waals surface area contributed by atoms with Crippen LogP contribution in [0.15, 0.2) is 20.0 Å². The van der Waals surface area contributed by atoms with E-state index in [4.69, 9.17) is 4.74 Å². The fourth-order valence-corrected chi connectivity index (χ4v) is 2.46. The molecule has 0 radical (unpaired) electrons. The van der Waals surface area contributed by atoms with Gasteiger partial charge >= 0.3 is 0 Å². The van der Waals surface area contributed by atoms with Crippen LogP contribution in [-0.2, 0) is 4.74 Å². The van der Waals surface area contributed by atoms with Crippen molar-refractivity contribution < 1.29 is 4.74 Å². The van der Waals surface area contributed by atoms with Gasteiger partial charge in [-0.2, -0.15) is 0 Å². The van der Waals surface area contributed by atoms with Crippen molar-refractivity contribution in [3.63, 3.8) is 0 Å². The zero-order valence-corrected chi connectivity index (χ0v) is 9.75. The summed E-state index contributed by atoms with van der Waals surface area (Å²) < 4.78 is 5.80. The Morgan fingerprint density at radius 2 is 2.00 bits per heavy atom. The van der Waals surface area contributed by atoms with Crippen LogP contribution in [0.5, 0.6) is 0 Å².